The Balaban J connectivity index is 3.56. The van der Waals surface area contributed by atoms with E-state index in [1.54, 1.807) is 6.07 Å². The molecule has 0 radical (unpaired) electrons. The van der Waals surface area contributed by atoms with E-state index in [-0.39, 0.29) is 5.56 Å². The maximum Gasteiger partial charge on any atom is 0.408 e. The van der Waals surface area contributed by atoms with Gasteiger partial charge in [-0.1, -0.05) is 30.3 Å². The number of methoxy groups -OCH3 is 1. The number of nitro groups is 1. The first-order valence-electron chi connectivity index (χ1n) is 7.91. The molecular weight excluding hydrogens is 360 g/mol. The van der Waals surface area contributed by atoms with Crippen LogP contribution in [-0.4, -0.2) is 47.7 Å². The highest BCUT2D eigenvalue weighted by Gasteiger charge is 2.53. The van der Waals surface area contributed by atoms with Gasteiger partial charge in [0.1, 0.15) is 5.60 Å². The molecule has 1 amide bonds. The van der Waals surface area contributed by atoms with Crippen molar-refractivity contribution in [2.45, 2.75) is 37.8 Å². The summed E-state index contributed by atoms with van der Waals surface area (Å²) in [7, 11) is 0.894. The molecule has 0 fully saturated rings. The van der Waals surface area contributed by atoms with Gasteiger partial charge in [-0.25, -0.2) is 9.59 Å². The molecule has 0 aliphatic heterocycles. The van der Waals surface area contributed by atoms with Gasteiger partial charge in [-0.3, -0.25) is 15.4 Å². The topological polar surface area (TPSA) is 148 Å². The Labute approximate surface area is 155 Å². The summed E-state index contributed by atoms with van der Waals surface area (Å²) in [6, 6.07) is 7.41. The van der Waals surface area contributed by atoms with Gasteiger partial charge in [0.2, 0.25) is 6.54 Å². The van der Waals surface area contributed by atoms with Crippen LogP contribution in [0.2, 0.25) is 0 Å². The molecule has 0 heterocycles. The molecular formula is C17H21N2O8-. The average molecular weight is 381 g/mol. The molecule has 148 valence electrons. The van der Waals surface area contributed by atoms with Crippen molar-refractivity contribution in [1.29, 1.82) is 0 Å². The third kappa shape index (κ3) is 5.40. The Morgan fingerprint density at radius 1 is 1.19 bits per heavy atom. The summed E-state index contributed by atoms with van der Waals surface area (Å²) in [6.07, 6.45) is -1.26. The smallest absolute Gasteiger partial charge is 0.408 e. The van der Waals surface area contributed by atoms with Crippen molar-refractivity contribution in [2.24, 2.45) is 0 Å². The van der Waals surface area contributed by atoms with Gasteiger partial charge in [0.25, 0.3) is 0 Å². The molecule has 0 bridgehead atoms. The van der Waals surface area contributed by atoms with Crippen molar-refractivity contribution in [2.75, 3.05) is 13.7 Å². The number of carboxylic acids is 1. The molecule has 0 aliphatic rings. The number of ether oxygens (including phenoxy) is 2. The minimum Gasteiger partial charge on any atom is -0.547 e. The zero-order chi connectivity index (χ0) is 20.8. The first-order chi connectivity index (χ1) is 12.4. The second kappa shape index (κ2) is 8.47. The number of aliphatic carboxylic acids is 1. The third-order valence-electron chi connectivity index (χ3n) is 3.58. The minimum absolute atomic E-state index is 0.125. The second-order valence-corrected chi connectivity index (χ2v) is 6.69. The van der Waals surface area contributed by atoms with Crippen LogP contribution in [0, 0.1) is 10.1 Å². The predicted octanol–water partition coefficient (Wildman–Crippen LogP) is 0.233. The molecule has 10 heteroatoms. The van der Waals surface area contributed by atoms with E-state index < -0.39 is 46.6 Å². The zero-order valence-electron chi connectivity index (χ0n) is 15.4. The standard InChI is InChI=1S/C17H22N2O8/c1-16(2,3)27-15(23)18-17(13(20)21,14(22)26-4)12(10-19(24)25)11-8-6-5-7-9-11/h5-9,12H,10H2,1-4H3,(H,18,23)(H,20,21)/p-1. The van der Waals surface area contributed by atoms with Gasteiger partial charge in [0, 0.05) is 4.92 Å². The molecule has 0 spiro atoms. The van der Waals surface area contributed by atoms with Gasteiger partial charge < -0.3 is 19.4 Å². The molecule has 10 nitrogen and oxygen atoms in total. The van der Waals surface area contributed by atoms with E-state index in [9.17, 15) is 29.6 Å². The number of carbonyl (C=O) groups is 3. The molecule has 1 aromatic rings. The molecule has 1 rings (SSSR count). The number of alkyl carbamates (subject to hydrolysis) is 1. The van der Waals surface area contributed by atoms with Gasteiger partial charge in [-0.2, -0.15) is 0 Å². The number of nitrogens with one attached hydrogen (secondary N) is 1. The van der Waals surface area contributed by atoms with E-state index in [0.29, 0.717) is 0 Å². The lowest BCUT2D eigenvalue weighted by Gasteiger charge is -2.38. The van der Waals surface area contributed by atoms with Crippen LogP contribution in [-0.2, 0) is 19.1 Å². The summed E-state index contributed by atoms with van der Waals surface area (Å²) < 4.78 is 9.55. The lowest BCUT2D eigenvalue weighted by Crippen LogP contribution is -2.69. The van der Waals surface area contributed by atoms with Crippen LogP contribution in [0.25, 0.3) is 0 Å². The molecule has 0 aliphatic carbocycles. The second-order valence-electron chi connectivity index (χ2n) is 6.69. The minimum atomic E-state index is -2.87. The maximum atomic E-state index is 12.4. The number of amides is 1. The molecule has 2 unspecified atom stereocenters. The monoisotopic (exact) mass is 381 g/mol. The highest BCUT2D eigenvalue weighted by atomic mass is 16.6. The van der Waals surface area contributed by atoms with Crippen molar-refractivity contribution < 1.29 is 33.9 Å². The average Bonchev–Trinajstić information content (AvgIpc) is 2.55. The summed E-state index contributed by atoms with van der Waals surface area (Å²) in [6.45, 7) is 3.59. The first-order valence-corrected chi connectivity index (χ1v) is 7.91. The summed E-state index contributed by atoms with van der Waals surface area (Å²) in [4.78, 5) is 47.0. The highest BCUT2D eigenvalue weighted by Crippen LogP contribution is 2.31. The maximum absolute atomic E-state index is 12.4. The first kappa shape index (κ1) is 21.9. The number of rotatable bonds is 7. The summed E-state index contributed by atoms with van der Waals surface area (Å²) in [5, 5.41) is 25.1. The number of carboxylic acid groups (broad SMARTS) is 1. The van der Waals surface area contributed by atoms with Gasteiger partial charge in [0.05, 0.1) is 19.0 Å². The fraction of sp³-hybridized carbons (Fsp3) is 0.471. The van der Waals surface area contributed by atoms with Crippen LogP contribution in [0.1, 0.15) is 32.3 Å². The largest absolute Gasteiger partial charge is 0.547 e. The third-order valence-corrected chi connectivity index (χ3v) is 3.58. The van der Waals surface area contributed by atoms with Gasteiger partial charge in [0.15, 0.2) is 5.54 Å². The van der Waals surface area contributed by atoms with Crippen LogP contribution in [0.5, 0.6) is 0 Å². The summed E-state index contributed by atoms with van der Waals surface area (Å²) in [5.41, 5.74) is -3.76. The summed E-state index contributed by atoms with van der Waals surface area (Å²) in [5.74, 6) is -5.10. The normalized spacial score (nSPS) is 14.4. The lowest BCUT2D eigenvalue weighted by atomic mass is 9.78. The Morgan fingerprint density at radius 3 is 2.15 bits per heavy atom. The zero-order valence-corrected chi connectivity index (χ0v) is 15.4. The van der Waals surface area contributed by atoms with Gasteiger partial charge in [-0.15, -0.1) is 0 Å². The quantitative estimate of drug-likeness (QED) is 0.305. The molecule has 2 atom stereocenters. The molecule has 0 saturated heterocycles. The SMILES string of the molecule is COC(=O)C(NC(=O)OC(C)(C)C)(C(=O)[O-])C(C[N+](=O)[O-])c1ccccc1. The Morgan fingerprint density at radius 2 is 1.74 bits per heavy atom. The molecule has 1 aromatic carbocycles. The highest BCUT2D eigenvalue weighted by molar-refractivity contribution is 6.07. The lowest BCUT2D eigenvalue weighted by molar-refractivity contribution is -0.485. The van der Waals surface area contributed by atoms with Crippen LogP contribution < -0.4 is 10.4 Å². The number of carbonyl (C=O) groups excluding carboxylic acids is 3. The number of hydrogen-bond donors (Lipinski definition) is 1. The van der Waals surface area contributed by atoms with E-state index in [2.05, 4.69) is 4.74 Å². The number of benzene rings is 1. The molecule has 0 saturated carbocycles. The van der Waals surface area contributed by atoms with Gasteiger partial charge in [-0.05, 0) is 26.3 Å². The summed E-state index contributed by atoms with van der Waals surface area (Å²) >= 11 is 0. The number of esters is 1. The van der Waals surface area contributed by atoms with E-state index >= 15 is 0 Å². The van der Waals surface area contributed by atoms with Crippen LogP contribution in [0.4, 0.5) is 4.79 Å². The molecule has 27 heavy (non-hydrogen) atoms. The van der Waals surface area contributed by atoms with E-state index in [0.717, 1.165) is 7.11 Å². The van der Waals surface area contributed by atoms with Crippen molar-refractivity contribution >= 4 is 18.0 Å². The van der Waals surface area contributed by atoms with Crippen LogP contribution >= 0.6 is 0 Å². The van der Waals surface area contributed by atoms with Crippen molar-refractivity contribution in [3.63, 3.8) is 0 Å². The van der Waals surface area contributed by atoms with E-state index in [4.69, 9.17) is 4.74 Å². The number of hydrogen-bond acceptors (Lipinski definition) is 8. The van der Waals surface area contributed by atoms with Crippen LogP contribution in [0.15, 0.2) is 30.3 Å². The van der Waals surface area contributed by atoms with Crippen molar-refractivity contribution in [3.05, 3.63) is 46.0 Å². The Bertz CT molecular complexity index is 713. The predicted molar refractivity (Wildman–Crippen MR) is 90.2 cm³/mol. The Hall–Kier alpha value is -3.17. The fourth-order valence-corrected chi connectivity index (χ4v) is 2.51. The van der Waals surface area contributed by atoms with Crippen LogP contribution in [0.3, 0.4) is 0 Å². The van der Waals surface area contributed by atoms with E-state index in [1.165, 1.54) is 45.0 Å². The fourth-order valence-electron chi connectivity index (χ4n) is 2.51. The Kier molecular flexibility index (Phi) is 6.87. The van der Waals surface area contributed by atoms with E-state index in [1.807, 2.05) is 5.32 Å². The number of nitrogens with zero attached hydrogens (tertiary/aromatic N) is 1. The van der Waals surface area contributed by atoms with Gasteiger partial charge >= 0.3 is 12.1 Å². The molecule has 0 aromatic heterocycles. The molecule has 1 N–H and O–H groups in total. The van der Waals surface area contributed by atoms with Crippen molar-refractivity contribution in [3.8, 4) is 0 Å². The van der Waals surface area contributed by atoms with Crippen molar-refractivity contribution in [1.82, 2.24) is 5.32 Å².